The number of fused-ring (bicyclic) bond motifs is 2. The van der Waals surface area contributed by atoms with E-state index in [0.717, 1.165) is 12.1 Å². The first kappa shape index (κ1) is 9.97. The molecule has 14 heavy (non-hydrogen) atoms. The molecule has 3 atom stereocenters. The number of nitrogens with zero attached hydrogens (tertiary/aromatic N) is 3. The van der Waals surface area contributed by atoms with Crippen LogP contribution in [-0.2, 0) is 0 Å². The molecule has 0 N–H and O–H groups in total. The van der Waals surface area contributed by atoms with Crippen molar-refractivity contribution in [3.8, 4) is 0 Å². The van der Waals surface area contributed by atoms with Crippen LogP contribution in [0.5, 0.6) is 0 Å². The summed E-state index contributed by atoms with van der Waals surface area (Å²) in [5.41, 5.74) is 1.40. The lowest BCUT2D eigenvalue weighted by Crippen LogP contribution is -2.46. The highest BCUT2D eigenvalue weighted by molar-refractivity contribution is 5.88. The molecule has 3 nitrogen and oxygen atoms in total. The molecule has 0 aromatic carbocycles. The number of hydrogen-bond donors (Lipinski definition) is 0. The van der Waals surface area contributed by atoms with Crippen molar-refractivity contribution in [3.05, 3.63) is 0 Å². The number of rotatable bonds is 1. The highest BCUT2D eigenvalue weighted by Crippen LogP contribution is 2.36. The van der Waals surface area contributed by atoms with Crippen molar-refractivity contribution < 1.29 is 0 Å². The zero-order valence-corrected chi connectivity index (χ0v) is 9.70. The average Bonchev–Trinajstić information content (AvgIpc) is 2.36. The van der Waals surface area contributed by atoms with Gasteiger partial charge in [0.05, 0.1) is 0 Å². The highest BCUT2D eigenvalue weighted by Gasteiger charge is 2.41. The molecule has 2 bridgehead atoms. The lowest BCUT2D eigenvalue weighted by atomic mass is 9.90. The molecule has 0 spiro atoms. The fraction of sp³-hybridized carbons (Fsp3) is 0.909. The van der Waals surface area contributed by atoms with Crippen LogP contribution in [0.4, 0.5) is 0 Å². The third kappa shape index (κ3) is 1.54. The second kappa shape index (κ2) is 3.54. The van der Waals surface area contributed by atoms with E-state index in [4.69, 9.17) is 0 Å². The van der Waals surface area contributed by atoms with Gasteiger partial charge in [0, 0.05) is 44.2 Å². The molecule has 0 amide bonds. The Morgan fingerprint density at radius 2 is 2.07 bits per heavy atom. The van der Waals surface area contributed by atoms with Crippen LogP contribution in [-0.4, -0.2) is 48.8 Å². The zero-order chi connectivity index (χ0) is 10.3. The first-order chi connectivity index (χ1) is 6.59. The van der Waals surface area contributed by atoms with E-state index in [1.54, 1.807) is 0 Å². The van der Waals surface area contributed by atoms with E-state index < -0.39 is 0 Å². The Labute approximate surface area is 86.8 Å². The van der Waals surface area contributed by atoms with Crippen LogP contribution >= 0.6 is 0 Å². The van der Waals surface area contributed by atoms with Crippen LogP contribution < -0.4 is 0 Å². The Balaban J connectivity index is 2.17. The minimum atomic E-state index is 0.640. The van der Waals surface area contributed by atoms with Gasteiger partial charge in [-0.1, -0.05) is 6.92 Å². The molecular weight excluding hydrogens is 174 g/mol. The largest absolute Gasteiger partial charge is 0.303 e. The highest BCUT2D eigenvalue weighted by atomic mass is 15.4. The maximum atomic E-state index is 4.62. The van der Waals surface area contributed by atoms with E-state index in [-0.39, 0.29) is 0 Å². The van der Waals surface area contributed by atoms with Crippen LogP contribution in [0.1, 0.15) is 26.2 Å². The molecule has 0 aromatic rings. The normalized spacial score (nSPS) is 40.6. The van der Waals surface area contributed by atoms with Crippen molar-refractivity contribution in [1.29, 1.82) is 0 Å². The van der Waals surface area contributed by atoms with Gasteiger partial charge in [-0.2, -0.15) is 5.10 Å². The van der Waals surface area contributed by atoms with E-state index in [0.29, 0.717) is 5.92 Å². The molecule has 2 heterocycles. The minimum absolute atomic E-state index is 0.640. The molecule has 2 fully saturated rings. The van der Waals surface area contributed by atoms with Gasteiger partial charge in [0.2, 0.25) is 0 Å². The summed E-state index contributed by atoms with van der Waals surface area (Å²) in [5.74, 6) is 0.640. The van der Waals surface area contributed by atoms with Crippen molar-refractivity contribution in [1.82, 2.24) is 9.91 Å². The van der Waals surface area contributed by atoms with E-state index in [2.05, 4.69) is 24.0 Å². The number of piperidine rings is 1. The number of hydrazone groups is 1. The van der Waals surface area contributed by atoms with Gasteiger partial charge < -0.3 is 5.01 Å². The number of hydrogen-bond acceptors (Lipinski definition) is 3. The molecular formula is C11H21N3. The fourth-order valence-corrected chi connectivity index (χ4v) is 2.93. The molecule has 2 rings (SSSR count). The monoisotopic (exact) mass is 195 g/mol. The second-order valence-corrected chi connectivity index (χ2v) is 4.90. The second-order valence-electron chi connectivity index (χ2n) is 4.90. The molecule has 0 aliphatic carbocycles. The molecule has 2 aliphatic rings. The predicted molar refractivity (Wildman–Crippen MR) is 59.5 cm³/mol. The van der Waals surface area contributed by atoms with Gasteiger partial charge in [-0.05, 0) is 19.9 Å². The topological polar surface area (TPSA) is 18.8 Å². The smallest absolute Gasteiger partial charge is 0.0439 e. The summed E-state index contributed by atoms with van der Waals surface area (Å²) >= 11 is 0. The third-order valence-electron chi connectivity index (χ3n) is 3.77. The quantitative estimate of drug-likeness (QED) is 0.589. The Morgan fingerprint density at radius 1 is 1.36 bits per heavy atom. The molecule has 0 saturated carbocycles. The van der Waals surface area contributed by atoms with Crippen LogP contribution in [0.15, 0.2) is 5.10 Å². The lowest BCUT2D eigenvalue weighted by molar-refractivity contribution is 0.194. The first-order valence-electron chi connectivity index (χ1n) is 5.56. The SMILES string of the molecule is CC1/C(=N/N(C)C)CC2CCC1N2C. The molecule has 0 aromatic heterocycles. The van der Waals surface area contributed by atoms with Crippen LogP contribution in [0.3, 0.4) is 0 Å². The van der Waals surface area contributed by atoms with E-state index in [1.807, 2.05) is 19.1 Å². The van der Waals surface area contributed by atoms with Gasteiger partial charge in [0.15, 0.2) is 0 Å². The summed E-state index contributed by atoms with van der Waals surface area (Å²) in [7, 11) is 6.30. The van der Waals surface area contributed by atoms with E-state index in [9.17, 15) is 0 Å². The standard InChI is InChI=1S/C11H21N3/c1-8-10(12-13(2)3)7-9-5-6-11(8)14(9)4/h8-9,11H,5-7H2,1-4H3/b12-10+. The molecule has 3 unspecified atom stereocenters. The van der Waals surface area contributed by atoms with Crippen molar-refractivity contribution in [3.63, 3.8) is 0 Å². The Kier molecular flexibility index (Phi) is 2.52. The molecule has 0 radical (unpaired) electrons. The van der Waals surface area contributed by atoms with Gasteiger partial charge in [0.25, 0.3) is 0 Å². The van der Waals surface area contributed by atoms with Gasteiger partial charge in [0.1, 0.15) is 0 Å². The van der Waals surface area contributed by atoms with E-state index in [1.165, 1.54) is 25.0 Å². The van der Waals surface area contributed by atoms with Gasteiger partial charge in [-0.3, -0.25) is 4.90 Å². The van der Waals surface area contributed by atoms with Crippen molar-refractivity contribution >= 4 is 5.71 Å². The van der Waals surface area contributed by atoms with Crippen LogP contribution in [0, 0.1) is 5.92 Å². The van der Waals surface area contributed by atoms with Crippen LogP contribution in [0.2, 0.25) is 0 Å². The Morgan fingerprint density at radius 3 is 2.71 bits per heavy atom. The summed E-state index contributed by atoms with van der Waals surface area (Å²) in [6, 6.07) is 1.50. The van der Waals surface area contributed by atoms with Crippen molar-refractivity contribution in [2.45, 2.75) is 38.3 Å². The Hall–Kier alpha value is -0.570. The molecule has 3 heteroatoms. The summed E-state index contributed by atoms with van der Waals surface area (Å²) in [6.07, 6.45) is 3.89. The van der Waals surface area contributed by atoms with E-state index >= 15 is 0 Å². The van der Waals surface area contributed by atoms with Crippen molar-refractivity contribution in [2.24, 2.45) is 11.0 Å². The predicted octanol–water partition coefficient (Wildman–Crippen LogP) is 1.41. The minimum Gasteiger partial charge on any atom is -0.303 e. The van der Waals surface area contributed by atoms with Crippen molar-refractivity contribution in [2.75, 3.05) is 21.1 Å². The average molecular weight is 195 g/mol. The Bertz CT molecular complexity index is 247. The summed E-state index contributed by atoms with van der Waals surface area (Å²) in [6.45, 7) is 2.32. The molecule has 2 saturated heterocycles. The maximum absolute atomic E-state index is 4.62. The van der Waals surface area contributed by atoms with Gasteiger partial charge in [-0.15, -0.1) is 0 Å². The zero-order valence-electron chi connectivity index (χ0n) is 9.70. The van der Waals surface area contributed by atoms with Gasteiger partial charge in [-0.25, -0.2) is 0 Å². The van der Waals surface area contributed by atoms with Gasteiger partial charge >= 0.3 is 0 Å². The van der Waals surface area contributed by atoms with Crippen LogP contribution in [0.25, 0.3) is 0 Å². The fourth-order valence-electron chi connectivity index (χ4n) is 2.93. The lowest BCUT2D eigenvalue weighted by Gasteiger charge is -2.37. The molecule has 2 aliphatic heterocycles. The maximum Gasteiger partial charge on any atom is 0.0439 e. The third-order valence-corrected chi connectivity index (χ3v) is 3.77. The summed E-state index contributed by atoms with van der Waals surface area (Å²) in [5, 5.41) is 6.56. The first-order valence-corrected chi connectivity index (χ1v) is 5.56. The summed E-state index contributed by atoms with van der Waals surface area (Å²) in [4.78, 5) is 2.55. The summed E-state index contributed by atoms with van der Waals surface area (Å²) < 4.78 is 0. The molecule has 80 valence electrons.